The number of halogens is 1. The van der Waals surface area contributed by atoms with Gasteiger partial charge in [-0.3, -0.25) is 4.98 Å². The molecule has 0 radical (unpaired) electrons. The van der Waals surface area contributed by atoms with Gasteiger partial charge in [0, 0.05) is 23.3 Å². The van der Waals surface area contributed by atoms with Crippen LogP contribution in [0.4, 0.5) is 0 Å². The third kappa shape index (κ3) is 3.40. The Morgan fingerprint density at radius 1 is 1.22 bits per heavy atom. The van der Waals surface area contributed by atoms with E-state index >= 15 is 0 Å². The molecule has 0 fully saturated rings. The molecule has 0 bridgehead atoms. The van der Waals surface area contributed by atoms with Gasteiger partial charge in [0.2, 0.25) is 0 Å². The quantitative estimate of drug-likeness (QED) is 0.923. The first-order chi connectivity index (χ1) is 8.66. The predicted molar refractivity (Wildman–Crippen MR) is 78.4 cm³/mol. The van der Waals surface area contributed by atoms with Gasteiger partial charge in [0.25, 0.3) is 0 Å². The largest absolute Gasteiger partial charge is 0.305 e. The number of nitrogens with zero attached hydrogens (tertiary/aromatic N) is 1. The Balaban J connectivity index is 1.98. The molecule has 2 rings (SSSR count). The van der Waals surface area contributed by atoms with Crippen LogP contribution >= 0.6 is 15.9 Å². The van der Waals surface area contributed by atoms with Crippen molar-refractivity contribution >= 4 is 15.9 Å². The fourth-order valence-electron chi connectivity index (χ4n) is 1.82. The van der Waals surface area contributed by atoms with E-state index in [0.717, 1.165) is 16.7 Å². The SMILES string of the molecule is Cc1cccnc1CN[C@H](C)c1ccc(Br)cc1. The molecular formula is C15H17BrN2. The van der Waals surface area contributed by atoms with Gasteiger partial charge in [-0.2, -0.15) is 0 Å². The summed E-state index contributed by atoms with van der Waals surface area (Å²) in [4.78, 5) is 4.39. The van der Waals surface area contributed by atoms with E-state index in [2.05, 4.69) is 70.4 Å². The molecule has 0 saturated heterocycles. The zero-order chi connectivity index (χ0) is 13.0. The lowest BCUT2D eigenvalue weighted by Crippen LogP contribution is -2.19. The van der Waals surface area contributed by atoms with Crippen molar-refractivity contribution in [3.8, 4) is 0 Å². The van der Waals surface area contributed by atoms with Crippen LogP contribution in [0.2, 0.25) is 0 Å². The van der Waals surface area contributed by atoms with Crippen LogP contribution in [-0.4, -0.2) is 4.98 Å². The second kappa shape index (κ2) is 6.12. The molecule has 2 aromatic rings. The maximum atomic E-state index is 4.39. The third-order valence-electron chi connectivity index (χ3n) is 3.06. The molecule has 0 amide bonds. The Morgan fingerprint density at radius 2 is 1.94 bits per heavy atom. The maximum Gasteiger partial charge on any atom is 0.0570 e. The number of aryl methyl sites for hydroxylation is 1. The third-order valence-corrected chi connectivity index (χ3v) is 3.59. The molecule has 18 heavy (non-hydrogen) atoms. The zero-order valence-electron chi connectivity index (χ0n) is 10.7. The first-order valence-corrected chi connectivity index (χ1v) is 6.85. The van der Waals surface area contributed by atoms with Crippen molar-refractivity contribution in [1.29, 1.82) is 0 Å². The van der Waals surface area contributed by atoms with Gasteiger partial charge in [0.15, 0.2) is 0 Å². The van der Waals surface area contributed by atoms with Crippen LogP contribution in [0, 0.1) is 6.92 Å². The maximum absolute atomic E-state index is 4.39. The Labute approximate surface area is 117 Å². The van der Waals surface area contributed by atoms with E-state index < -0.39 is 0 Å². The van der Waals surface area contributed by atoms with Crippen molar-refractivity contribution in [2.24, 2.45) is 0 Å². The zero-order valence-corrected chi connectivity index (χ0v) is 12.2. The monoisotopic (exact) mass is 304 g/mol. The summed E-state index contributed by atoms with van der Waals surface area (Å²) in [6.45, 7) is 5.06. The predicted octanol–water partition coefficient (Wildman–Crippen LogP) is 4.00. The van der Waals surface area contributed by atoms with Crippen molar-refractivity contribution in [1.82, 2.24) is 10.3 Å². The number of pyridine rings is 1. The van der Waals surface area contributed by atoms with E-state index in [1.165, 1.54) is 11.1 Å². The van der Waals surface area contributed by atoms with Gasteiger partial charge in [-0.15, -0.1) is 0 Å². The lowest BCUT2D eigenvalue weighted by atomic mass is 10.1. The minimum Gasteiger partial charge on any atom is -0.305 e. The summed E-state index contributed by atoms with van der Waals surface area (Å²) >= 11 is 3.45. The molecule has 0 spiro atoms. The standard InChI is InChI=1S/C15H17BrN2/c1-11-4-3-9-17-15(11)10-18-12(2)13-5-7-14(16)8-6-13/h3-9,12,18H,10H2,1-2H3/t12-/m1/s1. The van der Waals surface area contributed by atoms with E-state index in [4.69, 9.17) is 0 Å². The van der Waals surface area contributed by atoms with E-state index in [1.54, 1.807) is 0 Å². The molecule has 0 saturated carbocycles. The number of benzene rings is 1. The van der Waals surface area contributed by atoms with Gasteiger partial charge in [0.05, 0.1) is 5.69 Å². The van der Waals surface area contributed by atoms with Gasteiger partial charge in [-0.05, 0) is 43.2 Å². The summed E-state index contributed by atoms with van der Waals surface area (Å²) in [7, 11) is 0. The Kier molecular flexibility index (Phi) is 4.50. The minimum atomic E-state index is 0.319. The lowest BCUT2D eigenvalue weighted by Gasteiger charge is -2.14. The fourth-order valence-corrected chi connectivity index (χ4v) is 2.09. The van der Waals surface area contributed by atoms with Gasteiger partial charge >= 0.3 is 0 Å². The minimum absolute atomic E-state index is 0.319. The number of hydrogen-bond donors (Lipinski definition) is 1. The van der Waals surface area contributed by atoms with Crippen molar-refractivity contribution in [3.05, 3.63) is 63.9 Å². The van der Waals surface area contributed by atoms with Crippen LogP contribution in [0.3, 0.4) is 0 Å². The highest BCUT2D eigenvalue weighted by atomic mass is 79.9. The average molecular weight is 305 g/mol. The summed E-state index contributed by atoms with van der Waals surface area (Å²) in [6.07, 6.45) is 1.84. The molecule has 2 nitrogen and oxygen atoms in total. The van der Waals surface area contributed by atoms with Crippen LogP contribution < -0.4 is 5.32 Å². The van der Waals surface area contributed by atoms with Gasteiger partial charge in [-0.25, -0.2) is 0 Å². The first-order valence-electron chi connectivity index (χ1n) is 6.06. The number of rotatable bonds is 4. The molecule has 1 atom stereocenters. The summed E-state index contributed by atoms with van der Waals surface area (Å²) in [5, 5.41) is 3.50. The molecule has 1 aromatic carbocycles. The molecule has 1 aromatic heterocycles. The summed E-state index contributed by atoms with van der Waals surface area (Å²) < 4.78 is 1.11. The van der Waals surface area contributed by atoms with Crippen molar-refractivity contribution in [3.63, 3.8) is 0 Å². The van der Waals surface area contributed by atoms with Crippen molar-refractivity contribution < 1.29 is 0 Å². The second-order valence-electron chi connectivity index (χ2n) is 4.42. The average Bonchev–Trinajstić information content (AvgIpc) is 2.38. The molecule has 1 N–H and O–H groups in total. The number of nitrogens with one attached hydrogen (secondary N) is 1. The smallest absolute Gasteiger partial charge is 0.0570 e. The first kappa shape index (κ1) is 13.2. The van der Waals surface area contributed by atoms with Crippen LogP contribution in [-0.2, 0) is 6.54 Å². The lowest BCUT2D eigenvalue weighted by molar-refractivity contribution is 0.566. The molecular weight excluding hydrogens is 288 g/mol. The number of hydrogen-bond acceptors (Lipinski definition) is 2. The van der Waals surface area contributed by atoms with Crippen molar-refractivity contribution in [2.75, 3.05) is 0 Å². The number of aromatic nitrogens is 1. The topological polar surface area (TPSA) is 24.9 Å². The molecule has 3 heteroatoms. The van der Waals surface area contributed by atoms with E-state index in [1.807, 2.05) is 12.3 Å². The fraction of sp³-hybridized carbons (Fsp3) is 0.267. The Bertz CT molecular complexity index is 508. The highest BCUT2D eigenvalue weighted by Gasteiger charge is 2.06. The highest BCUT2D eigenvalue weighted by molar-refractivity contribution is 9.10. The molecule has 1 heterocycles. The van der Waals surface area contributed by atoms with E-state index in [-0.39, 0.29) is 0 Å². The molecule has 0 aliphatic heterocycles. The van der Waals surface area contributed by atoms with Crippen LogP contribution in [0.15, 0.2) is 47.1 Å². The molecule has 0 aliphatic carbocycles. The van der Waals surface area contributed by atoms with Gasteiger partial charge in [0.1, 0.15) is 0 Å². The van der Waals surface area contributed by atoms with Crippen LogP contribution in [0.5, 0.6) is 0 Å². The molecule has 94 valence electrons. The second-order valence-corrected chi connectivity index (χ2v) is 5.34. The normalized spacial score (nSPS) is 12.4. The molecule has 0 aliphatic rings. The van der Waals surface area contributed by atoms with E-state index in [0.29, 0.717) is 6.04 Å². The van der Waals surface area contributed by atoms with E-state index in [9.17, 15) is 0 Å². The molecule has 0 unspecified atom stereocenters. The summed E-state index contributed by atoms with van der Waals surface area (Å²) in [5.41, 5.74) is 3.63. The van der Waals surface area contributed by atoms with Gasteiger partial charge in [-0.1, -0.05) is 34.1 Å². The Morgan fingerprint density at radius 3 is 2.61 bits per heavy atom. The van der Waals surface area contributed by atoms with Gasteiger partial charge < -0.3 is 5.32 Å². The summed E-state index contributed by atoms with van der Waals surface area (Å²) in [6, 6.07) is 12.8. The Hall–Kier alpha value is -1.19. The highest BCUT2D eigenvalue weighted by Crippen LogP contribution is 2.17. The van der Waals surface area contributed by atoms with Crippen molar-refractivity contribution in [2.45, 2.75) is 26.4 Å². The summed E-state index contributed by atoms with van der Waals surface area (Å²) in [5.74, 6) is 0. The van der Waals surface area contributed by atoms with Crippen LogP contribution in [0.1, 0.15) is 29.8 Å². The van der Waals surface area contributed by atoms with Crippen LogP contribution in [0.25, 0.3) is 0 Å².